The highest BCUT2D eigenvalue weighted by Gasteiger charge is 2.23. The Balaban J connectivity index is 6.69. The fourth-order valence-electron chi connectivity index (χ4n) is 0.275. The highest BCUT2D eigenvalue weighted by atomic mass is 34.3. The molecule has 0 aromatic rings. The van der Waals surface area contributed by atoms with Gasteiger partial charge in [0.25, 0.3) is 0 Å². The number of rotatable bonds is 4. The Morgan fingerprint density at radius 1 is 0.688 bits per heavy atom. The fraction of sp³-hybridized carbons (Fsp3) is 0. The Labute approximate surface area is 148 Å². The second kappa shape index (κ2) is 6.60. The second-order valence-corrected chi connectivity index (χ2v) is 50.1. The number of hydrogen-bond donors (Lipinski definition) is 1. The maximum absolute atomic E-state index is 5.31. The van der Waals surface area contributed by atoms with Gasteiger partial charge in [-0.3, -0.25) is 7.05 Å². The SMILES string of the molecule is S=[S-](=S)S(=S)(=S)S(=S)(=S)S(=S)(=S)S(=S)(=S)S. The van der Waals surface area contributed by atoms with E-state index in [-0.39, 0.29) is 0 Å². The van der Waals surface area contributed by atoms with Gasteiger partial charge in [0.2, 0.25) is 0 Å². The molecule has 0 rings (SSSR count). The molecule has 0 atom stereocenters. The predicted molar refractivity (Wildman–Crippen MR) is 119 cm³/mol. The average Bonchev–Trinajstić information content (AvgIpc) is 2.00. The zero-order valence-corrected chi connectivity index (χ0v) is 19.7. The minimum atomic E-state index is -2.55. The largest absolute Gasteiger partial charge is 0.271 e. The Morgan fingerprint density at radius 3 is 1.19 bits per heavy atom. The zero-order chi connectivity index (χ0) is 13.6. The van der Waals surface area contributed by atoms with Crippen molar-refractivity contribution < 1.29 is 0 Å². The van der Waals surface area contributed by atoms with Gasteiger partial charge in [-0.15, -0.1) is 0 Å². The molecule has 0 nitrogen and oxygen atoms in total. The van der Waals surface area contributed by atoms with Gasteiger partial charge in [0, 0.05) is 15.6 Å². The lowest BCUT2D eigenvalue weighted by Gasteiger charge is -2.26. The van der Waals surface area contributed by atoms with E-state index in [1.807, 2.05) is 0 Å². The van der Waals surface area contributed by atoms with Crippen molar-refractivity contribution in [3.05, 3.63) is 0 Å². The molecule has 0 N–H and O–H groups in total. The van der Waals surface area contributed by atoms with Crippen LogP contribution in [-0.2, 0) is 140 Å². The summed E-state index contributed by atoms with van der Waals surface area (Å²) in [7, 11) is -1.09. The third kappa shape index (κ3) is 3.94. The van der Waals surface area contributed by atoms with Crippen molar-refractivity contribution in [1.29, 1.82) is 0 Å². The molecule has 0 aliphatic heterocycles. The molecule has 0 aromatic carbocycles. The van der Waals surface area contributed by atoms with Crippen molar-refractivity contribution in [1.82, 2.24) is 0 Å². The first-order valence-corrected chi connectivity index (χ1v) is 22.6. The summed E-state index contributed by atoms with van der Waals surface area (Å²) in [5.74, 6) is 0. The molecule has 0 radical (unpaired) electrons. The van der Waals surface area contributed by atoms with Crippen molar-refractivity contribution in [2.24, 2.45) is 0 Å². The molecule has 0 bridgehead atoms. The van der Waals surface area contributed by atoms with Gasteiger partial charge in [0.15, 0.2) is 0 Å². The first-order valence-electron chi connectivity index (χ1n) is 2.52. The van der Waals surface area contributed by atoms with E-state index >= 15 is 0 Å². The first-order chi connectivity index (χ1) is 6.69. The van der Waals surface area contributed by atoms with Crippen LogP contribution in [0.15, 0.2) is 0 Å². The smallest absolute Gasteiger partial charge is 0.0415 e. The summed E-state index contributed by atoms with van der Waals surface area (Å²) in [5, 5.41) is -9.85. The molecule has 98 valence electrons. The molecule has 0 heterocycles. The minimum Gasteiger partial charge on any atom is -0.271 e. The highest BCUT2D eigenvalue weighted by Crippen LogP contribution is 2.26. The molecular formula is HS16-. The summed E-state index contributed by atoms with van der Waals surface area (Å²) < 4.78 is 0. The molecule has 0 saturated carbocycles. The van der Waals surface area contributed by atoms with Crippen molar-refractivity contribution in [3.63, 3.8) is 0 Å². The average molecular weight is 514 g/mol. The zero-order valence-electron chi connectivity index (χ0n) is 6.57. The molecular weight excluding hydrogens is 513 g/mol. The van der Waals surface area contributed by atoms with E-state index in [2.05, 4.69) is 11.7 Å². The Bertz CT molecular complexity index is 736. The van der Waals surface area contributed by atoms with Crippen molar-refractivity contribution in [2.75, 3.05) is 0 Å². The summed E-state index contributed by atoms with van der Waals surface area (Å²) in [6.07, 6.45) is 0. The topological polar surface area (TPSA) is 0 Å². The maximum Gasteiger partial charge on any atom is 0.0415 e. The van der Waals surface area contributed by atoms with Gasteiger partial charge in [-0.25, -0.2) is 22.4 Å². The van der Waals surface area contributed by atoms with Crippen LogP contribution in [-0.4, -0.2) is 0 Å². The van der Waals surface area contributed by atoms with Crippen LogP contribution < -0.4 is 0 Å². The van der Waals surface area contributed by atoms with Crippen molar-refractivity contribution in [2.45, 2.75) is 0 Å². The predicted octanol–water partition coefficient (Wildman–Crippen LogP) is 0.344. The van der Waals surface area contributed by atoms with Crippen LogP contribution in [0.1, 0.15) is 0 Å². The molecule has 16 heteroatoms. The molecule has 16 heavy (non-hydrogen) atoms. The molecule has 0 saturated heterocycles. The number of hydrogen-bond acceptors (Lipinski definition) is 11. The van der Waals surface area contributed by atoms with Gasteiger partial charge in [-0.1, -0.05) is 39.2 Å². The lowest BCUT2D eigenvalue weighted by atomic mass is 29.8. The van der Waals surface area contributed by atoms with Crippen LogP contribution >= 0.6 is 11.7 Å². The Morgan fingerprint density at radius 2 is 1.00 bits per heavy atom. The standard InChI is InChI=1S/HS16/c1-12(2)14(6,7)16(10,11)15(8,9)13(3,4)5/h(H,3,4,5)/q-1. The van der Waals surface area contributed by atoms with E-state index in [0.717, 1.165) is 0 Å². The molecule has 0 amide bonds. The van der Waals surface area contributed by atoms with Gasteiger partial charge in [-0.2, -0.15) is 0 Å². The summed E-state index contributed by atoms with van der Waals surface area (Å²) in [6, 6.07) is 0. The normalized spacial score (nSPS) is 15.1. The summed E-state index contributed by atoms with van der Waals surface area (Å²) in [6.45, 7) is 0. The molecule has 0 aliphatic carbocycles. The van der Waals surface area contributed by atoms with Gasteiger partial charge >= 0.3 is 0 Å². The van der Waals surface area contributed by atoms with Gasteiger partial charge in [-0.05, 0) is 67.1 Å². The van der Waals surface area contributed by atoms with E-state index < -0.39 is 27.9 Å². The molecule has 0 fully saturated rings. The fourth-order valence-corrected chi connectivity index (χ4v) is 66.9. The molecule has 0 aromatic heterocycles. The van der Waals surface area contributed by atoms with Crippen molar-refractivity contribution in [3.8, 4) is 0 Å². The first kappa shape index (κ1) is 20.3. The van der Waals surface area contributed by atoms with E-state index in [1.165, 1.54) is 0 Å². The van der Waals surface area contributed by atoms with E-state index in [1.54, 1.807) is 0 Å². The summed E-state index contributed by atoms with van der Waals surface area (Å²) in [4.78, 5) is 0. The van der Waals surface area contributed by atoms with Crippen LogP contribution in [0, 0.1) is 0 Å². The summed E-state index contributed by atoms with van der Waals surface area (Å²) >= 11 is 55.7. The van der Waals surface area contributed by atoms with Crippen LogP contribution in [0.4, 0.5) is 0 Å². The van der Waals surface area contributed by atoms with Crippen LogP contribution in [0.5, 0.6) is 0 Å². The van der Waals surface area contributed by atoms with Crippen molar-refractivity contribution >= 4 is 151 Å². The maximum atomic E-state index is 5.31. The van der Waals surface area contributed by atoms with Gasteiger partial charge in [0.1, 0.15) is 0 Å². The molecule has 0 aliphatic rings. The van der Waals surface area contributed by atoms with Crippen LogP contribution in [0.25, 0.3) is 0 Å². The second-order valence-electron chi connectivity index (χ2n) is 1.86. The van der Waals surface area contributed by atoms with Gasteiger partial charge in [0.05, 0.1) is 0 Å². The third-order valence-corrected chi connectivity index (χ3v) is 74.9. The summed E-state index contributed by atoms with van der Waals surface area (Å²) in [5.41, 5.74) is 0. The Kier molecular flexibility index (Phi) is 8.37. The lowest BCUT2D eigenvalue weighted by molar-refractivity contribution is 5.14. The highest BCUT2D eigenvalue weighted by molar-refractivity contribution is 9.61. The van der Waals surface area contributed by atoms with Crippen LogP contribution in [0.3, 0.4) is 0 Å². The lowest BCUT2D eigenvalue weighted by Crippen LogP contribution is -2.22. The molecule has 0 spiro atoms. The number of thiol groups is 1. The van der Waals surface area contributed by atoms with E-state index in [0.29, 0.717) is 0 Å². The van der Waals surface area contributed by atoms with E-state index in [4.69, 9.17) is 112 Å². The molecule has 0 unspecified atom stereocenters. The Hall–Kier alpha value is 4.30. The van der Waals surface area contributed by atoms with E-state index in [9.17, 15) is 0 Å². The van der Waals surface area contributed by atoms with Crippen LogP contribution in [0.2, 0.25) is 0 Å². The monoisotopic (exact) mass is 513 g/mol. The quantitative estimate of drug-likeness (QED) is 0.316. The minimum absolute atomic E-state index is 1.09. The third-order valence-electron chi connectivity index (χ3n) is 0.925. The van der Waals surface area contributed by atoms with Gasteiger partial charge < -0.3 is 0 Å².